The van der Waals surface area contributed by atoms with E-state index in [1.807, 2.05) is 7.05 Å². The van der Waals surface area contributed by atoms with Gasteiger partial charge >= 0.3 is 68.7 Å². The van der Waals surface area contributed by atoms with E-state index < -0.39 is 14.0 Å². The standard InChI is InChI=1S/C9H13N.C5H5.5CH3.2ClH.Ti/c1-7-5-4-6-8(2)9(7)10-3;1-2-4-5-3-1;;;;;;;;/h4-6,10H,1-3H3;1-3H,4H2;5*1H3;2*1H;. The molecule has 0 fully saturated rings. The van der Waals surface area contributed by atoms with Gasteiger partial charge in [0.1, 0.15) is 0 Å². The van der Waals surface area contributed by atoms with Gasteiger partial charge in [-0.1, -0.05) is 18.2 Å². The number of nitrogens with one attached hydrogen (secondary N) is 1. The predicted molar refractivity (Wildman–Crippen MR) is 111 cm³/mol. The Morgan fingerprint density at radius 1 is 0.913 bits per heavy atom. The van der Waals surface area contributed by atoms with Gasteiger partial charge in [0.25, 0.3) is 0 Å². The fourth-order valence-corrected chi connectivity index (χ4v) is 5.81. The molecule has 1 aromatic carbocycles. The second kappa shape index (κ2) is 7.78. The monoisotopic (exact) mass is 395 g/mol. The van der Waals surface area contributed by atoms with Crippen molar-refractivity contribution in [3.05, 3.63) is 51.4 Å². The Hall–Kier alpha value is -0.206. The number of aryl methyl sites for hydroxylation is 2. The van der Waals surface area contributed by atoms with Crippen LogP contribution in [0.1, 0.15) is 17.5 Å². The van der Waals surface area contributed by atoms with Gasteiger partial charge in [-0.15, -0.1) is 24.8 Å². The number of hydrogen-bond acceptors (Lipinski definition) is 1. The van der Waals surface area contributed by atoms with Crippen molar-refractivity contribution in [2.24, 2.45) is 0 Å². The average molecular weight is 396 g/mol. The van der Waals surface area contributed by atoms with E-state index in [0.29, 0.717) is 0 Å². The van der Waals surface area contributed by atoms with Crippen molar-refractivity contribution >= 4 is 30.5 Å². The van der Waals surface area contributed by atoms with Crippen molar-refractivity contribution in [2.75, 3.05) is 12.4 Å². The molecule has 134 valence electrons. The van der Waals surface area contributed by atoms with E-state index in [9.17, 15) is 0 Å². The zero-order valence-electron chi connectivity index (χ0n) is 16.0. The van der Waals surface area contributed by atoms with Gasteiger partial charge in [0.05, 0.1) is 0 Å². The van der Waals surface area contributed by atoms with Crippen LogP contribution in [0.25, 0.3) is 0 Å². The van der Waals surface area contributed by atoms with Gasteiger partial charge in [-0.2, -0.15) is 0 Å². The van der Waals surface area contributed by atoms with Gasteiger partial charge < -0.3 is 5.32 Å². The minimum atomic E-state index is -2.61. The number of halogens is 2. The first-order valence-corrected chi connectivity index (χ1v) is 16.5. The van der Waals surface area contributed by atoms with Crippen molar-refractivity contribution < 1.29 is 14.0 Å². The van der Waals surface area contributed by atoms with E-state index in [1.54, 1.807) is 3.88 Å². The topological polar surface area (TPSA) is 12.0 Å². The molecule has 1 N–H and O–H groups in total. The summed E-state index contributed by atoms with van der Waals surface area (Å²) < 4.78 is 1.70. The molecule has 0 aliphatic heterocycles. The van der Waals surface area contributed by atoms with Crippen molar-refractivity contribution in [3.63, 3.8) is 0 Å². The zero-order valence-corrected chi connectivity index (χ0v) is 19.2. The summed E-state index contributed by atoms with van der Waals surface area (Å²) in [5, 5.41) is 15.6. The van der Waals surface area contributed by atoms with Crippen LogP contribution in [0.15, 0.2) is 40.3 Å². The molecule has 0 saturated heterocycles. The molecular weight excluding hydrogens is 361 g/mol. The molecule has 1 aliphatic carbocycles. The Bertz CT molecular complexity index is 561. The molecule has 0 heterocycles. The summed E-state index contributed by atoms with van der Waals surface area (Å²) in [4.78, 5) is 0. The molecule has 0 saturated carbocycles. The SMILES string of the molecule is CNc1c(C)cccc1C.Cl.Cl.[CH3][Ti]([CH3])([CH3])([CH3])([CH3])[C]1=CC=CC1. The van der Waals surface area contributed by atoms with E-state index in [-0.39, 0.29) is 24.8 Å². The van der Waals surface area contributed by atoms with E-state index in [2.05, 4.69) is 81.7 Å². The third kappa shape index (κ3) is 7.94. The van der Waals surface area contributed by atoms with Crippen LogP contribution in [0.5, 0.6) is 0 Å². The summed E-state index contributed by atoms with van der Waals surface area (Å²) in [5.41, 5.74) is 3.87. The summed E-state index contributed by atoms with van der Waals surface area (Å²) in [5.74, 6) is 0. The third-order valence-corrected chi connectivity index (χ3v) is 9.70. The molecule has 0 unspecified atom stereocenters. The first-order chi connectivity index (χ1) is 9.35. The molecule has 1 aliphatic rings. The Labute approximate surface area is 154 Å². The van der Waals surface area contributed by atoms with Crippen molar-refractivity contribution in [3.8, 4) is 0 Å². The van der Waals surface area contributed by atoms with Gasteiger partial charge in [-0.05, 0) is 25.0 Å². The first kappa shape index (κ1) is 25.0. The summed E-state index contributed by atoms with van der Waals surface area (Å²) in [7, 11) is 1.95. The van der Waals surface area contributed by atoms with Crippen LogP contribution in [0, 0.1) is 13.8 Å². The van der Waals surface area contributed by atoms with Gasteiger partial charge in [0, 0.05) is 12.7 Å². The molecule has 23 heavy (non-hydrogen) atoms. The molecule has 0 aromatic heterocycles. The minimum absolute atomic E-state index is 0. The number of allylic oxidation sites excluding steroid dienone is 4. The number of benzene rings is 1. The molecule has 1 nitrogen and oxygen atoms in total. The van der Waals surface area contributed by atoms with Crippen molar-refractivity contribution in [1.82, 2.24) is 0 Å². The van der Waals surface area contributed by atoms with Gasteiger partial charge in [-0.25, -0.2) is 0 Å². The van der Waals surface area contributed by atoms with Crippen LogP contribution in [0.2, 0.25) is 26.1 Å². The van der Waals surface area contributed by atoms with Gasteiger partial charge in [0.2, 0.25) is 0 Å². The number of anilines is 1. The van der Waals surface area contributed by atoms with E-state index in [1.165, 1.54) is 23.2 Å². The van der Waals surface area contributed by atoms with Crippen LogP contribution in [0.4, 0.5) is 5.69 Å². The predicted octanol–water partition coefficient (Wildman–Crippen LogP) is 7.48. The summed E-state index contributed by atoms with van der Waals surface area (Å²) in [6.07, 6.45) is 7.98. The van der Waals surface area contributed by atoms with Crippen molar-refractivity contribution in [1.29, 1.82) is 0 Å². The quantitative estimate of drug-likeness (QED) is 0.511. The Balaban J connectivity index is 0. The second-order valence-electron chi connectivity index (χ2n) is 10.1. The average Bonchev–Trinajstić information content (AvgIpc) is 2.81. The summed E-state index contributed by atoms with van der Waals surface area (Å²) >= 11 is -2.61. The molecular formula is C19H35Cl2NTi. The van der Waals surface area contributed by atoms with Crippen LogP contribution < -0.4 is 5.32 Å². The number of rotatable bonds is 2. The zero-order chi connectivity index (χ0) is 16.4. The maximum atomic E-state index is 3.16. The maximum absolute atomic E-state index is 3.16. The normalized spacial score (nSPS) is 15.7. The fraction of sp³-hybridized carbons (Fsp3) is 0.474. The second-order valence-corrected chi connectivity index (χ2v) is 30.6. The Kier molecular flexibility index (Phi) is 8.47. The molecule has 4 heteroatoms. The number of para-hydroxylation sites is 1. The van der Waals surface area contributed by atoms with Crippen molar-refractivity contribution in [2.45, 2.75) is 46.4 Å². The van der Waals surface area contributed by atoms with Crippen LogP contribution in [-0.2, 0) is 14.0 Å². The molecule has 1 aromatic rings. The van der Waals surface area contributed by atoms with E-state index >= 15 is 0 Å². The molecule has 0 bridgehead atoms. The van der Waals surface area contributed by atoms with Gasteiger partial charge in [0.15, 0.2) is 0 Å². The molecule has 0 spiro atoms. The van der Waals surface area contributed by atoms with Gasteiger partial charge in [-0.3, -0.25) is 0 Å². The molecule has 0 amide bonds. The summed E-state index contributed by atoms with van der Waals surface area (Å²) in [6, 6.07) is 6.29. The fourth-order valence-electron chi connectivity index (χ4n) is 2.58. The Morgan fingerprint density at radius 2 is 1.39 bits per heavy atom. The van der Waals surface area contributed by atoms with Crippen LogP contribution in [0.3, 0.4) is 0 Å². The van der Waals surface area contributed by atoms with Crippen LogP contribution >= 0.6 is 24.8 Å². The third-order valence-electron chi connectivity index (χ3n) is 4.11. The first-order valence-electron chi connectivity index (χ1n) is 7.96. The number of hydrogen-bond donors (Lipinski definition) is 1. The Morgan fingerprint density at radius 3 is 1.61 bits per heavy atom. The molecule has 0 atom stereocenters. The summed E-state index contributed by atoms with van der Waals surface area (Å²) in [6.45, 7) is 4.22. The molecule has 0 radical (unpaired) electrons. The van der Waals surface area contributed by atoms with Crippen LogP contribution in [-0.4, -0.2) is 7.05 Å². The van der Waals surface area contributed by atoms with E-state index in [0.717, 1.165) is 0 Å². The van der Waals surface area contributed by atoms with E-state index in [4.69, 9.17) is 0 Å². The molecule has 2 rings (SSSR count).